The van der Waals surface area contributed by atoms with Gasteiger partial charge in [0.15, 0.2) is 0 Å². The predicted octanol–water partition coefficient (Wildman–Crippen LogP) is 1.58. The molecule has 1 aromatic heterocycles. The normalized spacial score (nSPS) is 11.0. The summed E-state index contributed by atoms with van der Waals surface area (Å²) in [6.07, 6.45) is -2.27. The number of pyridine rings is 1. The smallest absolute Gasteiger partial charge is 0.318 e. The molecule has 69 valence electrons. The molecule has 0 atom stereocenters. The number of anilines is 1. The van der Waals surface area contributed by atoms with Crippen LogP contribution in [-0.4, -0.2) is 11.4 Å². The number of rotatable bonds is 2. The van der Waals surface area contributed by atoms with Crippen LogP contribution in [-0.2, 0) is 11.0 Å². The molecule has 6 heteroatoms. The van der Waals surface area contributed by atoms with Crippen LogP contribution < -0.4 is 5.32 Å². The van der Waals surface area contributed by atoms with E-state index in [9.17, 15) is 18.0 Å². The van der Waals surface area contributed by atoms with Gasteiger partial charge in [-0.3, -0.25) is 9.78 Å². The van der Waals surface area contributed by atoms with Crippen molar-refractivity contribution >= 4 is 12.1 Å². The second-order valence-corrected chi connectivity index (χ2v) is 2.15. The molecule has 0 aliphatic carbocycles. The average Bonchev–Trinajstić information content (AvgIpc) is 2.04. The highest BCUT2D eigenvalue weighted by molar-refractivity contribution is 5.71. The van der Waals surface area contributed by atoms with Crippen LogP contribution in [0.5, 0.6) is 0 Å². The summed E-state index contributed by atoms with van der Waals surface area (Å²) in [6.45, 7) is 0. The molecule has 13 heavy (non-hydrogen) atoms. The number of halogens is 3. The molecule has 1 heterocycles. The molecule has 0 aliphatic heterocycles. The van der Waals surface area contributed by atoms with Crippen molar-refractivity contribution in [3.63, 3.8) is 0 Å². The molecule has 1 N–H and O–H groups in total. The van der Waals surface area contributed by atoms with Gasteiger partial charge in [0.2, 0.25) is 0 Å². The second kappa shape index (κ2) is 3.42. The Hall–Kier alpha value is -1.59. The van der Waals surface area contributed by atoms with Gasteiger partial charge in [0.25, 0.3) is 0 Å². The van der Waals surface area contributed by atoms with Crippen LogP contribution in [0.15, 0.2) is 18.3 Å². The Bertz CT molecular complexity index is 311. The van der Waals surface area contributed by atoms with Crippen LogP contribution in [0, 0.1) is 0 Å². The number of amides is 1. The van der Waals surface area contributed by atoms with Crippen molar-refractivity contribution in [2.75, 3.05) is 5.32 Å². The highest BCUT2D eigenvalue weighted by Gasteiger charge is 2.32. The fourth-order valence-corrected chi connectivity index (χ4v) is 0.722. The van der Waals surface area contributed by atoms with Crippen molar-refractivity contribution in [3.8, 4) is 0 Å². The number of aromatic nitrogens is 1. The van der Waals surface area contributed by atoms with Gasteiger partial charge in [0, 0.05) is 11.9 Å². The SMILES string of the molecule is O=[C]Nc1ccnc(C(F)(F)F)c1. The van der Waals surface area contributed by atoms with Crippen LogP contribution in [0.1, 0.15) is 5.69 Å². The average molecular weight is 189 g/mol. The Morgan fingerprint density at radius 3 is 2.69 bits per heavy atom. The van der Waals surface area contributed by atoms with Gasteiger partial charge < -0.3 is 5.32 Å². The minimum atomic E-state index is -4.50. The maximum Gasteiger partial charge on any atom is 0.433 e. The molecular weight excluding hydrogens is 185 g/mol. The molecule has 0 bridgehead atoms. The van der Waals surface area contributed by atoms with E-state index in [2.05, 4.69) is 4.98 Å². The van der Waals surface area contributed by atoms with Gasteiger partial charge in [-0.25, -0.2) is 0 Å². The van der Waals surface area contributed by atoms with E-state index < -0.39 is 11.9 Å². The zero-order chi connectivity index (χ0) is 9.90. The first-order valence-corrected chi connectivity index (χ1v) is 3.20. The molecule has 0 spiro atoms. The van der Waals surface area contributed by atoms with E-state index in [1.54, 1.807) is 0 Å². The first kappa shape index (κ1) is 9.50. The van der Waals surface area contributed by atoms with Gasteiger partial charge in [0.1, 0.15) is 5.69 Å². The lowest BCUT2D eigenvalue weighted by atomic mass is 10.3. The van der Waals surface area contributed by atoms with Gasteiger partial charge in [0.05, 0.1) is 0 Å². The molecule has 1 aromatic rings. The quantitative estimate of drug-likeness (QED) is 0.717. The summed E-state index contributed by atoms with van der Waals surface area (Å²) in [5.41, 5.74) is -1.04. The molecular formula is C7H4F3N2O. The molecule has 1 radical (unpaired) electrons. The molecule has 1 amide bonds. The third-order valence-electron chi connectivity index (χ3n) is 1.25. The van der Waals surface area contributed by atoms with Crippen LogP contribution in [0.25, 0.3) is 0 Å². The molecule has 0 unspecified atom stereocenters. The molecule has 0 saturated carbocycles. The minimum absolute atomic E-state index is 0.0114. The zero-order valence-electron chi connectivity index (χ0n) is 6.22. The topological polar surface area (TPSA) is 42.0 Å². The maximum atomic E-state index is 12.0. The molecule has 0 aliphatic rings. The van der Waals surface area contributed by atoms with E-state index in [0.717, 1.165) is 12.3 Å². The lowest BCUT2D eigenvalue weighted by Gasteiger charge is -2.05. The third-order valence-corrected chi connectivity index (χ3v) is 1.25. The predicted molar refractivity (Wildman–Crippen MR) is 38.6 cm³/mol. The van der Waals surface area contributed by atoms with E-state index in [1.807, 2.05) is 5.32 Å². The Kier molecular flexibility index (Phi) is 2.50. The Balaban J connectivity index is 2.98. The minimum Gasteiger partial charge on any atom is -0.318 e. The highest BCUT2D eigenvalue weighted by Crippen LogP contribution is 2.28. The van der Waals surface area contributed by atoms with Crippen LogP contribution >= 0.6 is 0 Å². The van der Waals surface area contributed by atoms with Crippen molar-refractivity contribution in [2.24, 2.45) is 0 Å². The third kappa shape index (κ3) is 2.43. The molecule has 0 fully saturated rings. The van der Waals surface area contributed by atoms with Crippen molar-refractivity contribution in [1.82, 2.24) is 4.98 Å². The van der Waals surface area contributed by atoms with E-state index >= 15 is 0 Å². The summed E-state index contributed by atoms with van der Waals surface area (Å²) in [7, 11) is 0. The Morgan fingerprint density at radius 2 is 2.15 bits per heavy atom. The van der Waals surface area contributed by atoms with Gasteiger partial charge in [-0.1, -0.05) is 0 Å². The summed E-state index contributed by atoms with van der Waals surface area (Å²) in [5, 5.41) is 1.97. The number of hydrogen-bond donors (Lipinski definition) is 1. The fourth-order valence-electron chi connectivity index (χ4n) is 0.722. The van der Waals surface area contributed by atoms with Crippen molar-refractivity contribution in [1.29, 1.82) is 0 Å². The van der Waals surface area contributed by atoms with Crippen LogP contribution in [0.4, 0.5) is 18.9 Å². The first-order chi connectivity index (χ1) is 6.04. The highest BCUT2D eigenvalue weighted by atomic mass is 19.4. The summed E-state index contributed by atoms with van der Waals surface area (Å²) in [5.74, 6) is 0. The van der Waals surface area contributed by atoms with Crippen molar-refractivity contribution < 1.29 is 18.0 Å². The number of alkyl halides is 3. The van der Waals surface area contributed by atoms with Gasteiger partial charge in [-0.05, 0) is 12.1 Å². The molecule has 0 saturated heterocycles. The van der Waals surface area contributed by atoms with E-state index in [4.69, 9.17) is 0 Å². The largest absolute Gasteiger partial charge is 0.433 e. The molecule has 3 nitrogen and oxygen atoms in total. The Labute approximate surface area is 71.6 Å². The fraction of sp³-hybridized carbons (Fsp3) is 0.143. The molecule has 0 aromatic carbocycles. The summed E-state index contributed by atoms with van der Waals surface area (Å²) >= 11 is 0. The van der Waals surface area contributed by atoms with Crippen LogP contribution in [0.3, 0.4) is 0 Å². The van der Waals surface area contributed by atoms with Gasteiger partial charge in [-0.15, -0.1) is 0 Å². The maximum absolute atomic E-state index is 12.0. The lowest BCUT2D eigenvalue weighted by Crippen LogP contribution is -2.08. The monoisotopic (exact) mass is 189 g/mol. The summed E-state index contributed by atoms with van der Waals surface area (Å²) in [4.78, 5) is 12.9. The van der Waals surface area contributed by atoms with Crippen molar-refractivity contribution in [2.45, 2.75) is 6.18 Å². The number of carbonyl (C=O) groups excluding carboxylic acids is 1. The van der Waals surface area contributed by atoms with Gasteiger partial charge >= 0.3 is 12.6 Å². The number of nitrogens with zero attached hydrogens (tertiary/aromatic N) is 1. The lowest BCUT2D eigenvalue weighted by molar-refractivity contribution is -0.141. The summed E-state index contributed by atoms with van der Waals surface area (Å²) in [6, 6.07) is 1.96. The number of hydrogen-bond acceptors (Lipinski definition) is 2. The number of nitrogens with one attached hydrogen (secondary N) is 1. The second-order valence-electron chi connectivity index (χ2n) is 2.15. The standard InChI is InChI=1S/C7H4F3N2O/c8-7(9,10)6-3-5(12-4-13)1-2-11-6/h1-3H,(H,11,12,13). The first-order valence-electron chi connectivity index (χ1n) is 3.20. The molecule has 1 rings (SSSR count). The van der Waals surface area contributed by atoms with E-state index in [0.29, 0.717) is 0 Å². The van der Waals surface area contributed by atoms with Gasteiger partial charge in [-0.2, -0.15) is 13.2 Å². The Morgan fingerprint density at radius 1 is 1.46 bits per heavy atom. The zero-order valence-corrected chi connectivity index (χ0v) is 6.22. The van der Waals surface area contributed by atoms with Crippen LogP contribution in [0.2, 0.25) is 0 Å². The van der Waals surface area contributed by atoms with E-state index in [-0.39, 0.29) is 5.69 Å². The summed E-state index contributed by atoms with van der Waals surface area (Å²) < 4.78 is 36.1. The van der Waals surface area contributed by atoms with E-state index in [1.165, 1.54) is 12.5 Å². The van der Waals surface area contributed by atoms with Crippen molar-refractivity contribution in [3.05, 3.63) is 24.0 Å².